The second-order valence-corrected chi connectivity index (χ2v) is 7.24. The van der Waals surface area contributed by atoms with Gasteiger partial charge in [-0.1, -0.05) is 32.5 Å². The van der Waals surface area contributed by atoms with Gasteiger partial charge in [0.25, 0.3) is 5.22 Å². The van der Waals surface area contributed by atoms with Crippen LogP contribution in [0.15, 0.2) is 27.8 Å². The highest BCUT2D eigenvalue weighted by atomic mass is 32.2. The van der Waals surface area contributed by atoms with Gasteiger partial charge in [0, 0.05) is 18.0 Å². The molecule has 0 radical (unpaired) electrons. The Morgan fingerprint density at radius 3 is 2.70 bits per heavy atom. The predicted molar refractivity (Wildman–Crippen MR) is 87.9 cm³/mol. The zero-order valence-electron chi connectivity index (χ0n) is 13.6. The Morgan fingerprint density at radius 1 is 1.26 bits per heavy atom. The van der Waals surface area contributed by atoms with Gasteiger partial charge < -0.3 is 8.98 Å². The lowest BCUT2D eigenvalue weighted by molar-refractivity contribution is 0.347. The van der Waals surface area contributed by atoms with E-state index in [0.717, 1.165) is 17.9 Å². The normalized spacial score (nSPS) is 12.2. The standard InChI is InChI=1S/C16H19FN4OS/c1-5-21-12-7-6-10(17)8-11(12)18-13(21)9-23-15-20-19-14(22-15)16(2,3)4/h6-8H,5,9H2,1-4H3. The average Bonchev–Trinajstić information content (AvgIpc) is 3.07. The molecule has 2 heterocycles. The fourth-order valence-electron chi connectivity index (χ4n) is 2.31. The van der Waals surface area contributed by atoms with Crippen LogP contribution in [-0.2, 0) is 17.7 Å². The molecule has 0 spiro atoms. The molecule has 0 saturated carbocycles. The van der Waals surface area contributed by atoms with E-state index in [0.29, 0.717) is 22.4 Å². The Morgan fingerprint density at radius 2 is 2.04 bits per heavy atom. The number of aromatic nitrogens is 4. The van der Waals surface area contributed by atoms with Crippen molar-refractivity contribution in [2.24, 2.45) is 0 Å². The molecule has 5 nitrogen and oxygen atoms in total. The van der Waals surface area contributed by atoms with Crippen LogP contribution < -0.4 is 0 Å². The topological polar surface area (TPSA) is 56.7 Å². The van der Waals surface area contributed by atoms with Gasteiger partial charge in [-0.25, -0.2) is 9.37 Å². The second-order valence-electron chi connectivity index (χ2n) is 6.32. The molecule has 0 bridgehead atoms. The summed E-state index contributed by atoms with van der Waals surface area (Å²) >= 11 is 1.44. The van der Waals surface area contributed by atoms with E-state index in [4.69, 9.17) is 4.42 Å². The number of rotatable bonds is 4. The van der Waals surface area contributed by atoms with Gasteiger partial charge in [-0.2, -0.15) is 0 Å². The number of thioether (sulfide) groups is 1. The summed E-state index contributed by atoms with van der Waals surface area (Å²) in [5.41, 5.74) is 1.44. The van der Waals surface area contributed by atoms with Crippen molar-refractivity contribution in [3.8, 4) is 0 Å². The number of imidazole rings is 1. The van der Waals surface area contributed by atoms with Crippen molar-refractivity contribution < 1.29 is 8.81 Å². The smallest absolute Gasteiger partial charge is 0.277 e. The zero-order valence-corrected chi connectivity index (χ0v) is 14.4. The molecule has 0 aliphatic rings. The van der Waals surface area contributed by atoms with E-state index >= 15 is 0 Å². The molecule has 0 aliphatic heterocycles. The van der Waals surface area contributed by atoms with E-state index in [1.54, 1.807) is 6.07 Å². The number of hydrogen-bond acceptors (Lipinski definition) is 5. The Kier molecular flexibility index (Phi) is 4.14. The molecule has 23 heavy (non-hydrogen) atoms. The van der Waals surface area contributed by atoms with Gasteiger partial charge in [0.05, 0.1) is 16.8 Å². The highest BCUT2D eigenvalue weighted by Crippen LogP contribution is 2.27. The summed E-state index contributed by atoms with van der Waals surface area (Å²) < 4.78 is 21.1. The summed E-state index contributed by atoms with van der Waals surface area (Å²) in [6.07, 6.45) is 0. The summed E-state index contributed by atoms with van der Waals surface area (Å²) in [5, 5.41) is 8.68. The third-order valence-corrected chi connectivity index (χ3v) is 4.29. The fourth-order valence-corrected chi connectivity index (χ4v) is 3.02. The van der Waals surface area contributed by atoms with Crippen LogP contribution in [0.4, 0.5) is 4.39 Å². The first-order valence-electron chi connectivity index (χ1n) is 7.50. The van der Waals surface area contributed by atoms with Crippen LogP contribution in [0.2, 0.25) is 0 Å². The van der Waals surface area contributed by atoms with Crippen LogP contribution in [0.25, 0.3) is 11.0 Å². The van der Waals surface area contributed by atoms with E-state index in [9.17, 15) is 4.39 Å². The second kappa shape index (κ2) is 5.96. The number of aryl methyl sites for hydroxylation is 1. The lowest BCUT2D eigenvalue weighted by Crippen LogP contribution is -2.11. The van der Waals surface area contributed by atoms with Crippen LogP contribution in [0.3, 0.4) is 0 Å². The molecule has 122 valence electrons. The summed E-state index contributed by atoms with van der Waals surface area (Å²) in [5.74, 6) is 1.81. The lowest BCUT2D eigenvalue weighted by Gasteiger charge is -2.10. The molecule has 0 unspecified atom stereocenters. The number of nitrogens with zero attached hydrogens (tertiary/aromatic N) is 4. The first kappa shape index (κ1) is 16.0. The van der Waals surface area contributed by atoms with Crippen molar-refractivity contribution in [2.75, 3.05) is 0 Å². The minimum atomic E-state index is -0.274. The van der Waals surface area contributed by atoms with Crippen LogP contribution in [0.1, 0.15) is 39.4 Å². The Labute approximate surface area is 138 Å². The number of halogens is 1. The molecule has 0 amide bonds. The fraction of sp³-hybridized carbons (Fsp3) is 0.438. The zero-order chi connectivity index (χ0) is 16.6. The Bertz CT molecular complexity index is 834. The molecule has 0 saturated heterocycles. The third-order valence-electron chi connectivity index (χ3n) is 3.48. The van der Waals surface area contributed by atoms with Crippen molar-refractivity contribution in [1.29, 1.82) is 0 Å². The number of hydrogen-bond donors (Lipinski definition) is 0. The highest BCUT2D eigenvalue weighted by Gasteiger charge is 2.22. The molecule has 0 aliphatic carbocycles. The van der Waals surface area contributed by atoms with Crippen molar-refractivity contribution in [1.82, 2.24) is 19.7 Å². The van der Waals surface area contributed by atoms with Gasteiger partial charge in [-0.15, -0.1) is 10.2 Å². The predicted octanol–water partition coefficient (Wildman–Crippen LogP) is 4.17. The molecule has 3 rings (SSSR count). The minimum Gasteiger partial charge on any atom is -0.415 e. The van der Waals surface area contributed by atoms with Crippen LogP contribution >= 0.6 is 11.8 Å². The van der Waals surface area contributed by atoms with Crippen LogP contribution in [-0.4, -0.2) is 19.7 Å². The molecule has 0 N–H and O–H groups in total. The van der Waals surface area contributed by atoms with Gasteiger partial charge in [-0.3, -0.25) is 0 Å². The lowest BCUT2D eigenvalue weighted by atomic mass is 9.97. The van der Waals surface area contributed by atoms with Gasteiger partial charge in [0.2, 0.25) is 5.89 Å². The van der Waals surface area contributed by atoms with Crippen LogP contribution in [0, 0.1) is 5.82 Å². The van der Waals surface area contributed by atoms with Gasteiger partial charge in [0.15, 0.2) is 0 Å². The Hall–Kier alpha value is -1.89. The van der Waals surface area contributed by atoms with Crippen molar-refractivity contribution >= 4 is 22.8 Å². The summed E-state index contributed by atoms with van der Waals surface area (Å²) in [7, 11) is 0. The monoisotopic (exact) mass is 334 g/mol. The first-order chi connectivity index (χ1) is 10.9. The molecule has 0 atom stereocenters. The summed E-state index contributed by atoms with van der Waals surface area (Å²) in [6, 6.07) is 4.68. The first-order valence-corrected chi connectivity index (χ1v) is 8.48. The molecule has 1 aromatic carbocycles. The van der Waals surface area contributed by atoms with E-state index in [1.807, 2.05) is 27.7 Å². The van der Waals surface area contributed by atoms with Crippen LogP contribution in [0.5, 0.6) is 0 Å². The van der Waals surface area contributed by atoms with Gasteiger partial charge in [-0.05, 0) is 19.1 Å². The van der Waals surface area contributed by atoms with Crippen molar-refractivity contribution in [3.63, 3.8) is 0 Å². The molecule has 7 heteroatoms. The maximum atomic E-state index is 13.4. The van der Waals surface area contributed by atoms with Gasteiger partial charge >= 0.3 is 0 Å². The molecule has 3 aromatic rings. The molecular formula is C16H19FN4OS. The van der Waals surface area contributed by atoms with E-state index in [-0.39, 0.29) is 11.2 Å². The average molecular weight is 334 g/mol. The summed E-state index contributed by atoms with van der Waals surface area (Å²) in [4.78, 5) is 4.53. The number of fused-ring (bicyclic) bond motifs is 1. The summed E-state index contributed by atoms with van der Waals surface area (Å²) in [6.45, 7) is 8.90. The Balaban J connectivity index is 1.83. The molecular weight excluding hydrogens is 315 g/mol. The largest absolute Gasteiger partial charge is 0.415 e. The number of benzene rings is 1. The maximum absolute atomic E-state index is 13.4. The van der Waals surface area contributed by atoms with E-state index in [1.165, 1.54) is 23.9 Å². The third kappa shape index (κ3) is 3.24. The van der Waals surface area contributed by atoms with Gasteiger partial charge in [0.1, 0.15) is 11.6 Å². The van der Waals surface area contributed by atoms with E-state index in [2.05, 4.69) is 19.7 Å². The molecule has 2 aromatic heterocycles. The minimum absolute atomic E-state index is 0.167. The highest BCUT2D eigenvalue weighted by molar-refractivity contribution is 7.98. The molecule has 0 fully saturated rings. The quantitative estimate of drug-likeness (QED) is 0.670. The SMILES string of the molecule is CCn1c(CSc2nnc(C(C)(C)C)o2)nc2cc(F)ccc21. The van der Waals surface area contributed by atoms with E-state index < -0.39 is 0 Å². The maximum Gasteiger partial charge on any atom is 0.277 e. The van der Waals surface area contributed by atoms with Crippen molar-refractivity contribution in [2.45, 2.75) is 50.6 Å². The van der Waals surface area contributed by atoms with Crippen molar-refractivity contribution in [3.05, 3.63) is 35.7 Å².